The maximum Gasteiger partial charge on any atom is 0.277 e. The molecule has 0 fully saturated rings. The van der Waals surface area contributed by atoms with Crippen LogP contribution in [-0.4, -0.2) is 52.2 Å². The molecule has 0 aliphatic carbocycles. The van der Waals surface area contributed by atoms with Crippen molar-refractivity contribution < 1.29 is 19.2 Å². The van der Waals surface area contributed by atoms with Gasteiger partial charge in [0.2, 0.25) is 0 Å². The first-order valence-corrected chi connectivity index (χ1v) is 8.55. The Hall–Kier alpha value is -2.32. The van der Waals surface area contributed by atoms with E-state index in [9.17, 15) is 24.4 Å². The van der Waals surface area contributed by atoms with Gasteiger partial charge in [-0.1, -0.05) is 6.08 Å². The third-order valence-corrected chi connectivity index (χ3v) is 4.85. The molecule has 140 valence electrons. The van der Waals surface area contributed by atoms with Crippen LogP contribution >= 0.6 is 0 Å². The van der Waals surface area contributed by atoms with Gasteiger partial charge < -0.3 is 15.3 Å². The number of carbonyl (C=O) groups excluding carboxylic acids is 1. The summed E-state index contributed by atoms with van der Waals surface area (Å²) in [5.41, 5.74) is 0.572. The number of amides is 1. The summed E-state index contributed by atoms with van der Waals surface area (Å²) in [6.07, 6.45) is 0.923. The Balaban J connectivity index is 1.95. The molecule has 2 aliphatic heterocycles. The lowest BCUT2D eigenvalue weighted by molar-refractivity contribution is -0.385. The number of benzene rings is 1. The fourth-order valence-corrected chi connectivity index (χ4v) is 3.25. The second-order valence-electron chi connectivity index (χ2n) is 7.27. The van der Waals surface area contributed by atoms with Gasteiger partial charge in [-0.2, -0.15) is 0 Å². The van der Waals surface area contributed by atoms with E-state index in [1.54, 1.807) is 6.07 Å². The standard InChI is InChI=1S/C18H22FN3O4/c1-18(2,24)16(19)10-21-9-12-7-15(22(25)26)13(8-14(12)17(21)23)11-3-5-20-6-4-11/h3,7-8,16,20,24H,4-6,9-10H2,1-2H3/t16-/m1/s1. The van der Waals surface area contributed by atoms with Crippen LogP contribution in [0.2, 0.25) is 0 Å². The predicted molar refractivity (Wildman–Crippen MR) is 94.5 cm³/mol. The summed E-state index contributed by atoms with van der Waals surface area (Å²) in [5, 5.41) is 24.4. The van der Waals surface area contributed by atoms with Crippen LogP contribution in [0.5, 0.6) is 0 Å². The monoisotopic (exact) mass is 363 g/mol. The molecule has 3 rings (SSSR count). The highest BCUT2D eigenvalue weighted by molar-refractivity contribution is 6.00. The molecule has 1 aromatic rings. The van der Waals surface area contributed by atoms with Gasteiger partial charge in [0.15, 0.2) is 0 Å². The van der Waals surface area contributed by atoms with Gasteiger partial charge in [0.1, 0.15) is 6.17 Å². The number of aliphatic hydroxyl groups is 1. The molecular weight excluding hydrogens is 341 g/mol. The largest absolute Gasteiger partial charge is 0.387 e. The maximum absolute atomic E-state index is 14.2. The first-order valence-electron chi connectivity index (χ1n) is 8.55. The number of nitro benzene ring substituents is 1. The number of carbonyl (C=O) groups is 1. The van der Waals surface area contributed by atoms with E-state index in [0.29, 0.717) is 29.7 Å². The van der Waals surface area contributed by atoms with Crippen molar-refractivity contribution in [3.8, 4) is 0 Å². The quantitative estimate of drug-likeness (QED) is 0.616. The zero-order valence-corrected chi connectivity index (χ0v) is 14.8. The fraction of sp³-hybridized carbons (Fsp3) is 0.500. The van der Waals surface area contributed by atoms with Gasteiger partial charge in [-0.25, -0.2) is 4.39 Å². The zero-order valence-electron chi connectivity index (χ0n) is 14.8. The topological polar surface area (TPSA) is 95.7 Å². The van der Waals surface area contributed by atoms with E-state index in [2.05, 4.69) is 5.32 Å². The molecule has 2 heterocycles. The molecule has 0 radical (unpaired) electrons. The van der Waals surface area contributed by atoms with Crippen LogP contribution in [0.4, 0.5) is 10.1 Å². The molecule has 1 amide bonds. The van der Waals surface area contributed by atoms with Crippen molar-refractivity contribution in [3.05, 3.63) is 45.0 Å². The number of fused-ring (bicyclic) bond motifs is 1. The molecule has 0 saturated heterocycles. The van der Waals surface area contributed by atoms with E-state index in [4.69, 9.17) is 0 Å². The number of rotatable bonds is 5. The highest BCUT2D eigenvalue weighted by Crippen LogP contribution is 2.35. The van der Waals surface area contributed by atoms with Crippen LogP contribution in [0.3, 0.4) is 0 Å². The van der Waals surface area contributed by atoms with Crippen LogP contribution in [0.1, 0.15) is 41.8 Å². The van der Waals surface area contributed by atoms with E-state index in [0.717, 1.165) is 12.1 Å². The average molecular weight is 363 g/mol. The van der Waals surface area contributed by atoms with Crippen LogP contribution in [0, 0.1) is 10.1 Å². The van der Waals surface area contributed by atoms with Crippen LogP contribution < -0.4 is 5.32 Å². The average Bonchev–Trinajstić information content (AvgIpc) is 2.89. The van der Waals surface area contributed by atoms with E-state index in [1.165, 1.54) is 24.8 Å². The summed E-state index contributed by atoms with van der Waals surface area (Å²) in [5.74, 6) is -0.363. The van der Waals surface area contributed by atoms with Gasteiger partial charge in [-0.05, 0) is 44.0 Å². The van der Waals surface area contributed by atoms with Gasteiger partial charge in [0.05, 0.1) is 22.6 Å². The van der Waals surface area contributed by atoms with Crippen molar-refractivity contribution in [1.82, 2.24) is 10.2 Å². The fourth-order valence-electron chi connectivity index (χ4n) is 3.25. The van der Waals surface area contributed by atoms with Crippen molar-refractivity contribution in [3.63, 3.8) is 0 Å². The van der Waals surface area contributed by atoms with Gasteiger partial charge in [0, 0.05) is 24.7 Å². The molecule has 1 atom stereocenters. The van der Waals surface area contributed by atoms with Crippen LogP contribution in [-0.2, 0) is 6.54 Å². The minimum atomic E-state index is -1.61. The van der Waals surface area contributed by atoms with Crippen molar-refractivity contribution in [2.45, 2.75) is 38.6 Å². The number of nitrogens with one attached hydrogen (secondary N) is 1. The van der Waals surface area contributed by atoms with Crippen LogP contribution in [0.25, 0.3) is 5.57 Å². The molecule has 1 aromatic carbocycles. The Morgan fingerprint density at radius 1 is 1.42 bits per heavy atom. The molecule has 8 heteroatoms. The molecule has 0 spiro atoms. The van der Waals surface area contributed by atoms with Crippen molar-refractivity contribution >= 4 is 17.2 Å². The summed E-state index contributed by atoms with van der Waals surface area (Å²) in [6.45, 7) is 3.88. The minimum absolute atomic E-state index is 0.0363. The van der Waals surface area contributed by atoms with Crippen molar-refractivity contribution in [2.24, 2.45) is 0 Å². The molecule has 0 bridgehead atoms. The molecule has 0 aromatic heterocycles. The summed E-state index contributed by atoms with van der Waals surface area (Å²) >= 11 is 0. The number of nitro groups is 1. The maximum atomic E-state index is 14.2. The third kappa shape index (κ3) is 3.47. The Labute approximate surface area is 150 Å². The molecule has 0 saturated carbocycles. The van der Waals surface area contributed by atoms with E-state index in [-0.39, 0.29) is 24.7 Å². The second-order valence-corrected chi connectivity index (χ2v) is 7.27. The highest BCUT2D eigenvalue weighted by atomic mass is 19.1. The lowest BCUT2D eigenvalue weighted by Crippen LogP contribution is -2.42. The Morgan fingerprint density at radius 2 is 2.15 bits per heavy atom. The van der Waals surface area contributed by atoms with Gasteiger partial charge in [-0.3, -0.25) is 14.9 Å². The van der Waals surface area contributed by atoms with E-state index < -0.39 is 16.7 Å². The van der Waals surface area contributed by atoms with Gasteiger partial charge in [-0.15, -0.1) is 0 Å². The second kappa shape index (κ2) is 6.77. The van der Waals surface area contributed by atoms with E-state index >= 15 is 0 Å². The number of nitrogens with zero attached hydrogens (tertiary/aromatic N) is 2. The Morgan fingerprint density at radius 3 is 2.73 bits per heavy atom. The third-order valence-electron chi connectivity index (χ3n) is 4.85. The molecular formula is C18H22FN3O4. The number of hydrogen-bond acceptors (Lipinski definition) is 5. The smallest absolute Gasteiger partial charge is 0.277 e. The lowest BCUT2D eigenvalue weighted by atomic mass is 9.95. The highest BCUT2D eigenvalue weighted by Gasteiger charge is 2.36. The predicted octanol–water partition coefficient (Wildman–Crippen LogP) is 2.04. The normalized spacial score (nSPS) is 18.5. The summed E-state index contributed by atoms with van der Waals surface area (Å²) in [4.78, 5) is 25.0. The first-order chi connectivity index (χ1) is 12.2. The van der Waals surface area contributed by atoms with E-state index in [1.807, 2.05) is 6.08 Å². The van der Waals surface area contributed by atoms with Crippen molar-refractivity contribution in [1.29, 1.82) is 0 Å². The lowest BCUT2D eigenvalue weighted by Gasteiger charge is -2.26. The van der Waals surface area contributed by atoms with Crippen LogP contribution in [0.15, 0.2) is 18.2 Å². The Bertz CT molecular complexity index is 785. The molecule has 7 nitrogen and oxygen atoms in total. The number of hydrogen-bond donors (Lipinski definition) is 2. The minimum Gasteiger partial charge on any atom is -0.387 e. The first kappa shape index (κ1) is 18.5. The molecule has 0 unspecified atom stereocenters. The number of alkyl halides is 1. The summed E-state index contributed by atoms with van der Waals surface area (Å²) in [6, 6.07) is 2.98. The Kier molecular flexibility index (Phi) is 4.81. The summed E-state index contributed by atoms with van der Waals surface area (Å²) in [7, 11) is 0. The summed E-state index contributed by atoms with van der Waals surface area (Å²) < 4.78 is 14.2. The molecule has 2 N–H and O–H groups in total. The molecule has 2 aliphatic rings. The zero-order chi connectivity index (χ0) is 19.1. The number of halogens is 1. The van der Waals surface area contributed by atoms with Gasteiger partial charge >= 0.3 is 0 Å². The SMILES string of the molecule is CC(C)(O)[C@H](F)CN1Cc2cc([N+](=O)[O-])c(C3=CCNCC3)cc2C1=O. The molecule has 26 heavy (non-hydrogen) atoms. The van der Waals surface area contributed by atoms with Gasteiger partial charge in [0.25, 0.3) is 11.6 Å². The van der Waals surface area contributed by atoms with Crippen molar-refractivity contribution in [2.75, 3.05) is 19.6 Å².